The molecule has 0 aliphatic carbocycles. The van der Waals surface area contributed by atoms with Crippen molar-refractivity contribution >= 4 is 28.7 Å². The van der Waals surface area contributed by atoms with Crippen LogP contribution in [0, 0.1) is 18.6 Å². The first kappa shape index (κ1) is 13.4. The van der Waals surface area contributed by atoms with Crippen molar-refractivity contribution in [3.05, 3.63) is 59.7 Å². The number of rotatable bonds is 2. The largest absolute Gasteiger partial charge is 0.332 e. The van der Waals surface area contributed by atoms with Crippen LogP contribution in [-0.4, -0.2) is 5.11 Å². The molecule has 0 saturated carbocycles. The number of benzene rings is 2. The molecule has 2 N–H and O–H groups in total. The minimum absolute atomic E-state index is 0.202. The van der Waals surface area contributed by atoms with Gasteiger partial charge in [0.2, 0.25) is 0 Å². The van der Waals surface area contributed by atoms with Gasteiger partial charge in [0.15, 0.2) is 5.11 Å². The fourth-order valence-electron chi connectivity index (χ4n) is 1.57. The third-order valence-corrected chi connectivity index (χ3v) is 2.66. The SMILES string of the molecule is Cc1ccc(NC(=S)Nc2cccc(F)c2)c(F)c1. The van der Waals surface area contributed by atoms with E-state index in [-0.39, 0.29) is 22.4 Å². The number of thiocarbonyl (C=S) groups is 1. The van der Waals surface area contributed by atoms with Gasteiger partial charge in [0, 0.05) is 5.69 Å². The first-order valence-electron chi connectivity index (χ1n) is 5.64. The van der Waals surface area contributed by atoms with E-state index in [2.05, 4.69) is 10.6 Å². The minimum Gasteiger partial charge on any atom is -0.332 e. The molecule has 19 heavy (non-hydrogen) atoms. The van der Waals surface area contributed by atoms with Crippen LogP contribution in [0.15, 0.2) is 42.5 Å². The zero-order valence-corrected chi connectivity index (χ0v) is 11.0. The van der Waals surface area contributed by atoms with E-state index < -0.39 is 0 Å². The van der Waals surface area contributed by atoms with Crippen LogP contribution in [0.1, 0.15) is 5.56 Å². The molecule has 0 unspecified atom stereocenters. The Bertz CT molecular complexity index is 614. The normalized spacial score (nSPS) is 10.1. The van der Waals surface area contributed by atoms with Crippen LogP contribution < -0.4 is 10.6 Å². The van der Waals surface area contributed by atoms with E-state index in [0.29, 0.717) is 5.69 Å². The molecule has 0 radical (unpaired) electrons. The van der Waals surface area contributed by atoms with Gasteiger partial charge in [-0.05, 0) is 55.0 Å². The second kappa shape index (κ2) is 5.75. The standard InChI is InChI=1S/C14H12F2N2S/c1-9-5-6-13(12(16)7-9)18-14(19)17-11-4-2-3-10(15)8-11/h2-8H,1H3,(H2,17,18,19). The van der Waals surface area contributed by atoms with Crippen LogP contribution in [0.5, 0.6) is 0 Å². The highest BCUT2D eigenvalue weighted by Crippen LogP contribution is 2.16. The molecule has 0 bridgehead atoms. The molecule has 5 heteroatoms. The first-order valence-corrected chi connectivity index (χ1v) is 6.05. The van der Waals surface area contributed by atoms with Crippen molar-refractivity contribution < 1.29 is 8.78 Å². The monoisotopic (exact) mass is 278 g/mol. The summed E-state index contributed by atoms with van der Waals surface area (Å²) in [5, 5.41) is 5.72. The van der Waals surface area contributed by atoms with Gasteiger partial charge in [-0.1, -0.05) is 12.1 Å². The van der Waals surface area contributed by atoms with Gasteiger partial charge < -0.3 is 10.6 Å². The smallest absolute Gasteiger partial charge is 0.175 e. The molecule has 2 rings (SSSR count). The van der Waals surface area contributed by atoms with Crippen molar-refractivity contribution in [3.8, 4) is 0 Å². The Morgan fingerprint density at radius 3 is 2.53 bits per heavy atom. The fourth-order valence-corrected chi connectivity index (χ4v) is 1.80. The number of nitrogens with one attached hydrogen (secondary N) is 2. The Balaban J connectivity index is 2.05. The number of hydrogen-bond acceptors (Lipinski definition) is 1. The molecule has 0 heterocycles. The van der Waals surface area contributed by atoms with Crippen molar-refractivity contribution in [1.82, 2.24) is 0 Å². The van der Waals surface area contributed by atoms with Gasteiger partial charge in [-0.25, -0.2) is 8.78 Å². The van der Waals surface area contributed by atoms with Crippen LogP contribution in [0.2, 0.25) is 0 Å². The lowest BCUT2D eigenvalue weighted by atomic mass is 10.2. The molecule has 2 nitrogen and oxygen atoms in total. The van der Waals surface area contributed by atoms with Crippen molar-refractivity contribution in [2.45, 2.75) is 6.92 Å². The van der Waals surface area contributed by atoms with Gasteiger partial charge >= 0.3 is 0 Å². The lowest BCUT2D eigenvalue weighted by molar-refractivity contribution is 0.628. The summed E-state index contributed by atoms with van der Waals surface area (Å²) in [5.74, 6) is -0.752. The third kappa shape index (κ3) is 3.72. The second-order valence-electron chi connectivity index (χ2n) is 4.07. The molecule has 0 atom stereocenters. The maximum Gasteiger partial charge on any atom is 0.175 e. The summed E-state index contributed by atoms with van der Waals surface area (Å²) < 4.78 is 26.6. The molecule has 0 aromatic heterocycles. The van der Waals surface area contributed by atoms with Gasteiger partial charge in [-0.3, -0.25) is 0 Å². The van der Waals surface area contributed by atoms with E-state index in [1.807, 2.05) is 0 Å². The number of anilines is 2. The molecule has 0 saturated heterocycles. The van der Waals surface area contributed by atoms with Gasteiger partial charge in [0.05, 0.1) is 5.69 Å². The van der Waals surface area contributed by atoms with Crippen molar-refractivity contribution in [1.29, 1.82) is 0 Å². The highest BCUT2D eigenvalue weighted by atomic mass is 32.1. The molecule has 0 fully saturated rings. The first-order chi connectivity index (χ1) is 9.04. The van der Waals surface area contributed by atoms with Gasteiger partial charge in [-0.15, -0.1) is 0 Å². The predicted molar refractivity (Wildman–Crippen MR) is 77.4 cm³/mol. The molecule has 0 spiro atoms. The van der Waals surface area contributed by atoms with Gasteiger partial charge in [0.1, 0.15) is 11.6 Å². The van der Waals surface area contributed by atoms with E-state index in [0.717, 1.165) is 5.56 Å². The van der Waals surface area contributed by atoms with Crippen molar-refractivity contribution in [2.24, 2.45) is 0 Å². The number of hydrogen-bond donors (Lipinski definition) is 2. The summed E-state index contributed by atoms with van der Waals surface area (Å²) in [5.41, 5.74) is 1.61. The molecule has 2 aromatic carbocycles. The average Bonchev–Trinajstić information content (AvgIpc) is 2.33. The Labute approximate surface area is 115 Å². The third-order valence-electron chi connectivity index (χ3n) is 2.46. The topological polar surface area (TPSA) is 24.1 Å². The summed E-state index contributed by atoms with van der Waals surface area (Å²) in [6, 6.07) is 10.7. The summed E-state index contributed by atoms with van der Waals surface area (Å²) in [6.07, 6.45) is 0. The van der Waals surface area contributed by atoms with Crippen LogP contribution in [0.3, 0.4) is 0 Å². The lowest BCUT2D eigenvalue weighted by Gasteiger charge is -2.11. The summed E-state index contributed by atoms with van der Waals surface area (Å²) in [7, 11) is 0. The quantitative estimate of drug-likeness (QED) is 0.809. The summed E-state index contributed by atoms with van der Waals surface area (Å²) in [4.78, 5) is 0. The Morgan fingerprint density at radius 2 is 1.84 bits per heavy atom. The summed E-state index contributed by atoms with van der Waals surface area (Å²) in [6.45, 7) is 1.80. The Kier molecular flexibility index (Phi) is 4.06. The van der Waals surface area contributed by atoms with E-state index >= 15 is 0 Å². The highest BCUT2D eigenvalue weighted by molar-refractivity contribution is 7.80. The molecule has 0 aliphatic heterocycles. The number of halogens is 2. The highest BCUT2D eigenvalue weighted by Gasteiger charge is 2.04. The molecule has 98 valence electrons. The minimum atomic E-state index is -0.386. The maximum absolute atomic E-state index is 13.6. The van der Waals surface area contributed by atoms with E-state index in [4.69, 9.17) is 12.2 Å². The van der Waals surface area contributed by atoms with E-state index in [9.17, 15) is 8.78 Å². The van der Waals surface area contributed by atoms with Crippen molar-refractivity contribution in [3.63, 3.8) is 0 Å². The van der Waals surface area contributed by atoms with Gasteiger partial charge in [0.25, 0.3) is 0 Å². The van der Waals surface area contributed by atoms with Crippen LogP contribution in [-0.2, 0) is 0 Å². The van der Waals surface area contributed by atoms with E-state index in [1.54, 1.807) is 31.2 Å². The zero-order chi connectivity index (χ0) is 13.8. The zero-order valence-electron chi connectivity index (χ0n) is 10.2. The molecule has 2 aromatic rings. The van der Waals surface area contributed by atoms with Crippen LogP contribution >= 0.6 is 12.2 Å². The predicted octanol–water partition coefficient (Wildman–Crippen LogP) is 4.08. The van der Waals surface area contributed by atoms with Gasteiger partial charge in [-0.2, -0.15) is 0 Å². The molecular formula is C14H12F2N2S. The second-order valence-corrected chi connectivity index (χ2v) is 4.48. The molecule has 0 aliphatic rings. The fraction of sp³-hybridized carbons (Fsp3) is 0.0714. The Morgan fingerprint density at radius 1 is 1.05 bits per heavy atom. The Hall–Kier alpha value is -2.01. The van der Waals surface area contributed by atoms with Crippen LogP contribution in [0.25, 0.3) is 0 Å². The molecular weight excluding hydrogens is 266 g/mol. The van der Waals surface area contributed by atoms with Crippen LogP contribution in [0.4, 0.5) is 20.2 Å². The van der Waals surface area contributed by atoms with E-state index in [1.165, 1.54) is 18.2 Å². The maximum atomic E-state index is 13.6. The molecule has 0 amide bonds. The lowest BCUT2D eigenvalue weighted by Crippen LogP contribution is -2.19. The summed E-state index contributed by atoms with van der Waals surface area (Å²) >= 11 is 5.04. The number of aryl methyl sites for hydroxylation is 1. The average molecular weight is 278 g/mol. The van der Waals surface area contributed by atoms with Crippen molar-refractivity contribution in [2.75, 3.05) is 10.6 Å².